The zero-order chi connectivity index (χ0) is 15.9. The second-order valence-electron chi connectivity index (χ2n) is 4.98. The Bertz CT molecular complexity index is 906. The monoisotopic (exact) mass is 297 g/mol. The van der Waals surface area contributed by atoms with Crippen LogP contribution in [-0.2, 0) is 0 Å². The van der Waals surface area contributed by atoms with Gasteiger partial charge in [0, 0.05) is 16.5 Å². The maximum atomic E-state index is 13.6. The zero-order valence-corrected chi connectivity index (χ0v) is 11.7. The molecule has 0 bridgehead atoms. The molecule has 1 heterocycles. The van der Waals surface area contributed by atoms with Crippen LogP contribution in [0.5, 0.6) is 11.5 Å². The Hall–Kier alpha value is -2.95. The van der Waals surface area contributed by atoms with Gasteiger partial charge >= 0.3 is 0 Å². The predicted molar refractivity (Wildman–Crippen MR) is 80.5 cm³/mol. The fourth-order valence-corrected chi connectivity index (χ4v) is 2.31. The second-order valence-corrected chi connectivity index (χ2v) is 4.98. The molecule has 4 nitrogen and oxygen atoms in total. The molecule has 0 amide bonds. The number of halogens is 1. The normalized spacial score (nSPS) is 10.8. The van der Waals surface area contributed by atoms with Gasteiger partial charge in [0.15, 0.2) is 17.3 Å². The number of hydrogen-bond acceptors (Lipinski definition) is 4. The molecule has 0 saturated carbocycles. The summed E-state index contributed by atoms with van der Waals surface area (Å²) in [5.41, 5.74) is 1.63. The molecule has 0 unspecified atom stereocenters. The Morgan fingerprint density at radius 2 is 1.86 bits per heavy atom. The van der Waals surface area contributed by atoms with E-state index in [-0.39, 0.29) is 11.5 Å². The van der Waals surface area contributed by atoms with Crippen molar-refractivity contribution < 1.29 is 19.4 Å². The summed E-state index contributed by atoms with van der Waals surface area (Å²) in [6.45, 7) is 1.39. The fourth-order valence-electron chi connectivity index (χ4n) is 2.31. The first-order chi connectivity index (χ1) is 10.5. The van der Waals surface area contributed by atoms with Gasteiger partial charge in [-0.05, 0) is 49.4 Å². The molecule has 3 aromatic rings. The average Bonchev–Trinajstić information content (AvgIpc) is 2.48. The van der Waals surface area contributed by atoms with Gasteiger partial charge in [-0.25, -0.2) is 9.37 Å². The molecule has 3 rings (SSSR count). The van der Waals surface area contributed by atoms with E-state index >= 15 is 0 Å². The highest BCUT2D eigenvalue weighted by Crippen LogP contribution is 2.30. The molecule has 1 aromatic heterocycles. The van der Waals surface area contributed by atoms with Gasteiger partial charge in [-0.3, -0.25) is 4.79 Å². The first-order valence-corrected chi connectivity index (χ1v) is 6.59. The van der Waals surface area contributed by atoms with Crippen LogP contribution in [0.2, 0.25) is 0 Å². The Balaban J connectivity index is 2.31. The maximum absolute atomic E-state index is 13.6. The predicted octanol–water partition coefficient (Wildman–Crippen LogP) is 3.65. The smallest absolute Gasteiger partial charge is 0.165 e. The van der Waals surface area contributed by atoms with Gasteiger partial charge in [-0.15, -0.1) is 0 Å². The van der Waals surface area contributed by atoms with Crippen LogP contribution in [0.25, 0.3) is 22.2 Å². The summed E-state index contributed by atoms with van der Waals surface area (Å²) >= 11 is 0. The lowest BCUT2D eigenvalue weighted by Crippen LogP contribution is -2.00. The Labute approximate surface area is 125 Å². The number of phenols is 2. The molecule has 0 aliphatic heterocycles. The van der Waals surface area contributed by atoms with E-state index in [4.69, 9.17) is 0 Å². The zero-order valence-electron chi connectivity index (χ0n) is 11.7. The molecular weight excluding hydrogens is 285 g/mol. The lowest BCUT2D eigenvalue weighted by Gasteiger charge is -2.09. The van der Waals surface area contributed by atoms with Gasteiger partial charge in [0.1, 0.15) is 5.75 Å². The number of fused-ring (bicyclic) bond motifs is 1. The van der Waals surface area contributed by atoms with Crippen molar-refractivity contribution in [1.29, 1.82) is 0 Å². The van der Waals surface area contributed by atoms with Crippen molar-refractivity contribution in [2.75, 3.05) is 0 Å². The molecule has 110 valence electrons. The highest BCUT2D eigenvalue weighted by Gasteiger charge is 2.14. The Morgan fingerprint density at radius 1 is 1.09 bits per heavy atom. The number of phenolic OH excluding ortho intramolecular Hbond substituents is 2. The lowest BCUT2D eigenvalue weighted by atomic mass is 10.0. The lowest BCUT2D eigenvalue weighted by molar-refractivity contribution is 0.101. The second kappa shape index (κ2) is 5.11. The van der Waals surface area contributed by atoms with Crippen molar-refractivity contribution in [2.24, 2.45) is 0 Å². The topological polar surface area (TPSA) is 70.4 Å². The summed E-state index contributed by atoms with van der Waals surface area (Å²) in [5.74, 6) is -1.38. The first-order valence-electron chi connectivity index (χ1n) is 6.59. The summed E-state index contributed by atoms with van der Waals surface area (Å²) in [7, 11) is 0. The minimum Gasteiger partial charge on any atom is -0.508 e. The van der Waals surface area contributed by atoms with Gasteiger partial charge < -0.3 is 10.2 Å². The van der Waals surface area contributed by atoms with E-state index in [0.717, 1.165) is 6.07 Å². The minimum absolute atomic E-state index is 0.0761. The number of nitrogens with zero attached hydrogens (tertiary/aromatic N) is 1. The third kappa shape index (κ3) is 2.37. The molecule has 0 radical (unpaired) electrons. The van der Waals surface area contributed by atoms with Crippen molar-refractivity contribution in [3.8, 4) is 22.8 Å². The minimum atomic E-state index is -0.778. The third-order valence-electron chi connectivity index (χ3n) is 3.40. The summed E-state index contributed by atoms with van der Waals surface area (Å²) in [6.07, 6.45) is 0. The van der Waals surface area contributed by atoms with Gasteiger partial charge in [0.2, 0.25) is 0 Å². The van der Waals surface area contributed by atoms with Gasteiger partial charge in [0.25, 0.3) is 0 Å². The van der Waals surface area contributed by atoms with Gasteiger partial charge in [-0.2, -0.15) is 0 Å². The molecule has 2 aromatic carbocycles. The van der Waals surface area contributed by atoms with Crippen LogP contribution >= 0.6 is 0 Å². The number of pyridine rings is 1. The summed E-state index contributed by atoms with van der Waals surface area (Å²) in [5, 5.41) is 19.4. The van der Waals surface area contributed by atoms with Crippen molar-refractivity contribution in [3.63, 3.8) is 0 Å². The standard InChI is InChI=1S/C17H12FNO3/c1-9(20)13-7-11-6-12(21)3-4-15(11)19-17(13)10-2-5-16(22)14(18)8-10/h2-8,21-22H,1H3. The summed E-state index contributed by atoms with van der Waals surface area (Å²) in [4.78, 5) is 16.3. The van der Waals surface area contributed by atoms with Crippen molar-refractivity contribution in [2.45, 2.75) is 6.92 Å². The average molecular weight is 297 g/mol. The molecule has 0 aliphatic carbocycles. The summed E-state index contributed by atoms with van der Waals surface area (Å²) in [6, 6.07) is 10.1. The number of aromatic nitrogens is 1. The van der Waals surface area contributed by atoms with E-state index < -0.39 is 11.6 Å². The first kappa shape index (κ1) is 14.0. The number of aromatic hydroxyl groups is 2. The fraction of sp³-hybridized carbons (Fsp3) is 0.0588. The molecule has 0 spiro atoms. The Morgan fingerprint density at radius 3 is 2.55 bits per heavy atom. The van der Waals surface area contributed by atoms with Crippen LogP contribution in [0, 0.1) is 5.82 Å². The van der Waals surface area contributed by atoms with E-state index in [1.165, 1.54) is 31.2 Å². The molecule has 22 heavy (non-hydrogen) atoms. The van der Waals surface area contributed by atoms with E-state index in [1.807, 2.05) is 0 Å². The molecular formula is C17H12FNO3. The van der Waals surface area contributed by atoms with Gasteiger partial charge in [0.05, 0.1) is 11.2 Å². The summed E-state index contributed by atoms with van der Waals surface area (Å²) < 4.78 is 13.6. The number of hydrogen-bond donors (Lipinski definition) is 2. The molecule has 2 N–H and O–H groups in total. The van der Waals surface area contributed by atoms with Crippen LogP contribution < -0.4 is 0 Å². The maximum Gasteiger partial charge on any atom is 0.165 e. The van der Waals surface area contributed by atoms with Crippen LogP contribution in [0.4, 0.5) is 4.39 Å². The molecule has 0 fully saturated rings. The van der Waals surface area contributed by atoms with Crippen molar-refractivity contribution in [3.05, 3.63) is 53.8 Å². The Kier molecular flexibility index (Phi) is 3.25. The van der Waals surface area contributed by atoms with Gasteiger partial charge in [-0.1, -0.05) is 0 Å². The van der Waals surface area contributed by atoms with E-state index in [2.05, 4.69) is 4.98 Å². The van der Waals surface area contributed by atoms with Crippen molar-refractivity contribution in [1.82, 2.24) is 4.98 Å². The SMILES string of the molecule is CC(=O)c1cc2cc(O)ccc2nc1-c1ccc(O)c(F)c1. The number of carbonyl (C=O) groups excluding carboxylic acids is 1. The number of Topliss-reactive ketones (excluding diaryl/α,β-unsaturated/α-hetero) is 1. The number of benzene rings is 2. The largest absolute Gasteiger partial charge is 0.508 e. The quantitative estimate of drug-likeness (QED) is 0.708. The number of carbonyl (C=O) groups is 1. The van der Waals surface area contributed by atoms with E-state index in [1.54, 1.807) is 12.1 Å². The van der Waals surface area contributed by atoms with Crippen LogP contribution in [-0.4, -0.2) is 21.0 Å². The number of rotatable bonds is 2. The van der Waals surface area contributed by atoms with Crippen LogP contribution in [0.3, 0.4) is 0 Å². The van der Waals surface area contributed by atoms with Crippen LogP contribution in [0.1, 0.15) is 17.3 Å². The van der Waals surface area contributed by atoms with E-state index in [9.17, 15) is 19.4 Å². The number of ketones is 1. The highest BCUT2D eigenvalue weighted by molar-refractivity contribution is 6.03. The molecule has 5 heteroatoms. The van der Waals surface area contributed by atoms with Crippen LogP contribution in [0.15, 0.2) is 42.5 Å². The molecule has 0 aliphatic rings. The van der Waals surface area contributed by atoms with E-state index in [0.29, 0.717) is 27.7 Å². The molecule has 0 atom stereocenters. The third-order valence-corrected chi connectivity index (χ3v) is 3.40. The molecule has 0 saturated heterocycles. The highest BCUT2D eigenvalue weighted by atomic mass is 19.1. The van der Waals surface area contributed by atoms with Crippen molar-refractivity contribution >= 4 is 16.7 Å².